The van der Waals surface area contributed by atoms with Crippen LogP contribution in [0.15, 0.2) is 48.3 Å². The first-order valence-electron chi connectivity index (χ1n) is 7.55. The van der Waals surface area contributed by atoms with Crippen LogP contribution in [0.1, 0.15) is 39.2 Å². The lowest BCUT2D eigenvalue weighted by Gasteiger charge is -2.10. The summed E-state index contributed by atoms with van der Waals surface area (Å²) in [5.74, 6) is 0.768. The fourth-order valence-electron chi connectivity index (χ4n) is 1.65. The number of hydrogen-bond donors (Lipinski definition) is 2. The highest BCUT2D eigenvalue weighted by Gasteiger charge is 2.08. The molecule has 3 N–H and O–H groups in total. The Bertz CT molecular complexity index is 490. The zero-order valence-corrected chi connectivity index (χ0v) is 14.1. The molecule has 4 heteroatoms. The van der Waals surface area contributed by atoms with Gasteiger partial charge >= 0.3 is 0 Å². The normalized spacial score (nSPS) is 10.7. The summed E-state index contributed by atoms with van der Waals surface area (Å²) in [6.45, 7) is 10.0. The summed E-state index contributed by atoms with van der Waals surface area (Å²) in [4.78, 5) is 11.8. The van der Waals surface area contributed by atoms with E-state index in [1.807, 2.05) is 45.0 Å². The Balaban J connectivity index is 0.00000211. The van der Waals surface area contributed by atoms with Crippen molar-refractivity contribution in [1.29, 1.82) is 0 Å². The Morgan fingerprint density at radius 2 is 1.91 bits per heavy atom. The maximum atomic E-state index is 11.8. The van der Waals surface area contributed by atoms with Gasteiger partial charge in [0, 0.05) is 18.7 Å². The number of benzene rings is 1. The number of ketones is 1. The van der Waals surface area contributed by atoms with Gasteiger partial charge < -0.3 is 15.8 Å². The topological polar surface area (TPSA) is 64.4 Å². The second kappa shape index (κ2) is 11.4. The number of methoxy groups -OCH3 is 1. The van der Waals surface area contributed by atoms with Gasteiger partial charge in [0.05, 0.1) is 12.8 Å². The molecule has 4 nitrogen and oxygen atoms in total. The van der Waals surface area contributed by atoms with Crippen LogP contribution in [0.4, 0.5) is 0 Å². The lowest BCUT2D eigenvalue weighted by atomic mass is 10.1. The number of Topliss-reactive ketones (excluding diaryl/α,β-unsaturated/α-hetero) is 1. The summed E-state index contributed by atoms with van der Waals surface area (Å²) in [6, 6.07) is 7.73. The standard InChI is InChI=1S/C16H22N2O2.C2H6/c1-4-5-6-15(19)16(17)12(2)18-11-13-7-9-14(20-3)10-8-13;1-2/h4,7-10,18H,1,5-6,11,17H2,2-3H3;1-2H3/b16-12-;. The Kier molecular flexibility index (Phi) is 10.3. The van der Waals surface area contributed by atoms with E-state index in [1.54, 1.807) is 13.2 Å². The van der Waals surface area contributed by atoms with Crippen molar-refractivity contribution < 1.29 is 9.53 Å². The van der Waals surface area contributed by atoms with E-state index in [1.165, 1.54) is 0 Å². The SMILES string of the molecule is C=CCCC(=O)/C(N)=C(\C)NCc1ccc(OC)cc1.CC. The quantitative estimate of drug-likeness (QED) is 0.569. The maximum Gasteiger partial charge on any atom is 0.180 e. The minimum Gasteiger partial charge on any atom is -0.497 e. The van der Waals surface area contributed by atoms with Gasteiger partial charge in [-0.25, -0.2) is 0 Å². The molecule has 0 aliphatic carbocycles. The fraction of sp³-hybridized carbons (Fsp3) is 0.389. The number of ether oxygens (including phenoxy) is 1. The molecular formula is C18H28N2O2. The van der Waals surface area contributed by atoms with Crippen molar-refractivity contribution in [2.45, 2.75) is 40.2 Å². The molecule has 0 spiro atoms. The average Bonchev–Trinajstić information content (AvgIpc) is 2.58. The summed E-state index contributed by atoms with van der Waals surface area (Å²) in [6.07, 6.45) is 2.76. The van der Waals surface area contributed by atoms with Gasteiger partial charge in [0.1, 0.15) is 5.75 Å². The Morgan fingerprint density at radius 3 is 2.41 bits per heavy atom. The largest absolute Gasteiger partial charge is 0.497 e. The van der Waals surface area contributed by atoms with E-state index in [4.69, 9.17) is 10.5 Å². The van der Waals surface area contributed by atoms with Crippen molar-refractivity contribution in [2.75, 3.05) is 7.11 Å². The summed E-state index contributed by atoms with van der Waals surface area (Å²) in [5, 5.41) is 3.16. The molecule has 0 aromatic heterocycles. The first-order chi connectivity index (χ1) is 10.6. The molecule has 1 aromatic rings. The number of allylic oxidation sites excluding steroid dienone is 3. The number of hydrogen-bond acceptors (Lipinski definition) is 4. The van der Waals surface area contributed by atoms with E-state index in [2.05, 4.69) is 11.9 Å². The molecule has 0 unspecified atom stereocenters. The van der Waals surface area contributed by atoms with Crippen LogP contribution in [-0.4, -0.2) is 12.9 Å². The van der Waals surface area contributed by atoms with E-state index in [-0.39, 0.29) is 5.78 Å². The Morgan fingerprint density at radius 1 is 1.32 bits per heavy atom. The molecular weight excluding hydrogens is 276 g/mol. The monoisotopic (exact) mass is 304 g/mol. The van der Waals surface area contributed by atoms with E-state index < -0.39 is 0 Å². The van der Waals surface area contributed by atoms with E-state index in [9.17, 15) is 4.79 Å². The summed E-state index contributed by atoms with van der Waals surface area (Å²) >= 11 is 0. The fourth-order valence-corrected chi connectivity index (χ4v) is 1.65. The zero-order chi connectivity index (χ0) is 17.0. The number of nitrogens with one attached hydrogen (secondary N) is 1. The van der Waals surface area contributed by atoms with Crippen LogP contribution in [0.25, 0.3) is 0 Å². The molecule has 1 rings (SSSR count). The average molecular weight is 304 g/mol. The lowest BCUT2D eigenvalue weighted by Crippen LogP contribution is -2.21. The highest BCUT2D eigenvalue weighted by atomic mass is 16.5. The van der Waals surface area contributed by atoms with Gasteiger partial charge in [-0.1, -0.05) is 32.1 Å². The van der Waals surface area contributed by atoms with Crippen LogP contribution < -0.4 is 15.8 Å². The van der Waals surface area contributed by atoms with Gasteiger partial charge in [-0.3, -0.25) is 4.79 Å². The third-order valence-electron chi connectivity index (χ3n) is 3.00. The van der Waals surface area contributed by atoms with Crippen molar-refractivity contribution in [3.63, 3.8) is 0 Å². The molecule has 1 aromatic carbocycles. The van der Waals surface area contributed by atoms with Crippen molar-refractivity contribution in [3.05, 3.63) is 53.9 Å². The lowest BCUT2D eigenvalue weighted by molar-refractivity contribution is -0.115. The van der Waals surface area contributed by atoms with Crippen LogP contribution in [0, 0.1) is 0 Å². The van der Waals surface area contributed by atoms with Crippen molar-refractivity contribution in [1.82, 2.24) is 5.32 Å². The molecule has 0 aliphatic rings. The van der Waals surface area contributed by atoms with Crippen LogP contribution in [0.5, 0.6) is 5.75 Å². The van der Waals surface area contributed by atoms with Gasteiger partial charge in [-0.2, -0.15) is 0 Å². The third kappa shape index (κ3) is 6.97. The van der Waals surface area contributed by atoms with E-state index in [0.29, 0.717) is 30.8 Å². The summed E-state index contributed by atoms with van der Waals surface area (Å²) in [5.41, 5.74) is 7.91. The van der Waals surface area contributed by atoms with Crippen molar-refractivity contribution >= 4 is 5.78 Å². The van der Waals surface area contributed by atoms with Crippen molar-refractivity contribution in [3.8, 4) is 5.75 Å². The van der Waals surface area contributed by atoms with Crippen LogP contribution >= 0.6 is 0 Å². The molecule has 0 radical (unpaired) electrons. The van der Waals surface area contributed by atoms with Gasteiger partial charge in [0.15, 0.2) is 5.78 Å². The number of carbonyl (C=O) groups is 1. The van der Waals surface area contributed by atoms with Gasteiger partial charge in [0.25, 0.3) is 0 Å². The number of carbonyl (C=O) groups excluding carboxylic acids is 1. The molecule has 0 atom stereocenters. The second-order valence-electron chi connectivity index (χ2n) is 4.49. The van der Waals surface area contributed by atoms with Gasteiger partial charge in [-0.15, -0.1) is 6.58 Å². The maximum absolute atomic E-state index is 11.8. The third-order valence-corrected chi connectivity index (χ3v) is 3.00. The van der Waals surface area contributed by atoms with E-state index >= 15 is 0 Å². The summed E-state index contributed by atoms with van der Waals surface area (Å²) < 4.78 is 5.10. The van der Waals surface area contributed by atoms with Crippen LogP contribution in [0.2, 0.25) is 0 Å². The van der Waals surface area contributed by atoms with Gasteiger partial charge in [-0.05, 0) is 31.0 Å². The Hall–Kier alpha value is -2.23. The highest BCUT2D eigenvalue weighted by Crippen LogP contribution is 2.11. The Labute approximate surface area is 134 Å². The molecule has 0 amide bonds. The molecule has 22 heavy (non-hydrogen) atoms. The van der Waals surface area contributed by atoms with Crippen molar-refractivity contribution in [2.24, 2.45) is 5.73 Å². The predicted octanol–water partition coefficient (Wildman–Crippen LogP) is 3.54. The second-order valence-corrected chi connectivity index (χ2v) is 4.49. The molecule has 0 saturated carbocycles. The predicted molar refractivity (Wildman–Crippen MR) is 92.5 cm³/mol. The highest BCUT2D eigenvalue weighted by molar-refractivity contribution is 5.95. The molecule has 0 fully saturated rings. The van der Waals surface area contributed by atoms with Gasteiger partial charge in [0.2, 0.25) is 0 Å². The first-order valence-corrected chi connectivity index (χ1v) is 7.55. The van der Waals surface area contributed by atoms with Crippen LogP contribution in [-0.2, 0) is 11.3 Å². The number of rotatable bonds is 8. The zero-order valence-electron chi connectivity index (χ0n) is 14.1. The molecule has 0 saturated heterocycles. The van der Waals surface area contributed by atoms with E-state index in [0.717, 1.165) is 11.3 Å². The minimum absolute atomic E-state index is 0.0513. The summed E-state index contributed by atoms with van der Waals surface area (Å²) in [7, 11) is 1.63. The first kappa shape index (κ1) is 19.8. The molecule has 122 valence electrons. The van der Waals surface area contributed by atoms with Crippen LogP contribution in [0.3, 0.4) is 0 Å². The molecule has 0 aliphatic heterocycles. The molecule has 0 bridgehead atoms. The molecule has 0 heterocycles. The number of nitrogens with two attached hydrogens (primary N) is 1. The smallest absolute Gasteiger partial charge is 0.180 e. The minimum atomic E-state index is -0.0513.